The Balaban J connectivity index is 1.71. The molecule has 3 rings (SSSR count). The summed E-state index contributed by atoms with van der Waals surface area (Å²) in [5.74, 6) is 0. The predicted octanol–water partition coefficient (Wildman–Crippen LogP) is 3.55. The number of hydrogen-bond acceptors (Lipinski definition) is 2. The van der Waals surface area contributed by atoms with Crippen LogP contribution in [-0.4, -0.2) is 30.6 Å². The third-order valence-electron chi connectivity index (χ3n) is 4.93. The van der Waals surface area contributed by atoms with Crippen LogP contribution in [0.5, 0.6) is 0 Å². The normalized spacial score (nSPS) is 21.1. The predicted molar refractivity (Wildman–Crippen MR) is 90.0 cm³/mol. The first-order chi connectivity index (χ1) is 10.4. The van der Waals surface area contributed by atoms with Crippen molar-refractivity contribution in [2.75, 3.05) is 25.0 Å². The molecule has 2 N–H and O–H groups in total. The molecule has 1 spiro atoms. The maximum Gasteiger partial charge on any atom is 0.319 e. The second kappa shape index (κ2) is 5.58. The van der Waals surface area contributed by atoms with Crippen LogP contribution in [0.25, 0.3) is 0 Å². The van der Waals surface area contributed by atoms with Crippen molar-refractivity contribution in [3.8, 4) is 0 Å². The zero-order chi connectivity index (χ0) is 15.8. The number of hydrogen-bond donors (Lipinski definition) is 2. The summed E-state index contributed by atoms with van der Waals surface area (Å²) in [5, 5.41) is 6.13. The van der Waals surface area contributed by atoms with Gasteiger partial charge < -0.3 is 15.5 Å². The van der Waals surface area contributed by atoms with Crippen molar-refractivity contribution in [1.82, 2.24) is 10.2 Å². The molecule has 4 heteroatoms. The molecule has 1 saturated heterocycles. The summed E-state index contributed by atoms with van der Waals surface area (Å²) in [6, 6.07) is 8.12. The van der Waals surface area contributed by atoms with Crippen molar-refractivity contribution in [1.29, 1.82) is 0 Å². The fraction of sp³-hybridized carbons (Fsp3) is 0.611. The minimum atomic E-state index is -0.183. The highest BCUT2D eigenvalue weighted by Gasteiger charge is 2.41. The summed E-state index contributed by atoms with van der Waals surface area (Å²) < 4.78 is 0. The summed E-state index contributed by atoms with van der Waals surface area (Å²) in [4.78, 5) is 14.5. The van der Waals surface area contributed by atoms with Gasteiger partial charge in [0, 0.05) is 24.3 Å². The SMILES string of the molecule is CC(C)(C)CCN1CCC2(CC1)NC(=O)Nc1ccccc12. The maximum atomic E-state index is 12.0. The van der Waals surface area contributed by atoms with E-state index in [0.29, 0.717) is 5.41 Å². The first-order valence-electron chi connectivity index (χ1n) is 8.29. The number of nitrogens with one attached hydrogen (secondary N) is 2. The van der Waals surface area contributed by atoms with Crippen LogP contribution >= 0.6 is 0 Å². The Labute approximate surface area is 133 Å². The van der Waals surface area contributed by atoms with E-state index >= 15 is 0 Å². The number of urea groups is 1. The third kappa shape index (κ3) is 3.12. The van der Waals surface area contributed by atoms with Gasteiger partial charge in [-0.05, 0) is 37.3 Å². The van der Waals surface area contributed by atoms with Crippen LogP contribution in [0.15, 0.2) is 24.3 Å². The fourth-order valence-corrected chi connectivity index (χ4v) is 3.49. The molecule has 0 radical (unpaired) electrons. The molecule has 22 heavy (non-hydrogen) atoms. The van der Waals surface area contributed by atoms with Crippen LogP contribution in [-0.2, 0) is 5.54 Å². The molecule has 1 aromatic carbocycles. The van der Waals surface area contributed by atoms with Crippen LogP contribution in [0.4, 0.5) is 10.5 Å². The van der Waals surface area contributed by atoms with Gasteiger partial charge >= 0.3 is 6.03 Å². The van der Waals surface area contributed by atoms with E-state index in [4.69, 9.17) is 0 Å². The standard InChI is InChI=1S/C18H27N3O/c1-17(2,3)8-11-21-12-9-18(10-13-21)14-6-4-5-7-15(14)19-16(22)20-18/h4-7H,8-13H2,1-3H3,(H2,19,20,22). The van der Waals surface area contributed by atoms with Crippen LogP contribution in [0.2, 0.25) is 0 Å². The highest BCUT2D eigenvalue weighted by atomic mass is 16.2. The smallest absolute Gasteiger partial charge is 0.319 e. The monoisotopic (exact) mass is 301 g/mol. The average molecular weight is 301 g/mol. The molecule has 4 nitrogen and oxygen atoms in total. The van der Waals surface area contributed by atoms with E-state index in [2.05, 4.69) is 48.4 Å². The number of fused-ring (bicyclic) bond motifs is 2. The third-order valence-corrected chi connectivity index (χ3v) is 4.93. The van der Waals surface area contributed by atoms with E-state index in [1.54, 1.807) is 0 Å². The lowest BCUT2D eigenvalue weighted by atomic mass is 9.78. The zero-order valence-electron chi connectivity index (χ0n) is 13.9. The highest BCUT2D eigenvalue weighted by molar-refractivity contribution is 5.93. The van der Waals surface area contributed by atoms with Gasteiger partial charge in [0.2, 0.25) is 0 Å². The molecule has 1 aromatic rings. The molecule has 2 heterocycles. The minimum absolute atomic E-state index is 0.0677. The van der Waals surface area contributed by atoms with Crippen molar-refractivity contribution in [2.45, 2.75) is 45.6 Å². The molecule has 1 fully saturated rings. The van der Waals surface area contributed by atoms with E-state index in [0.717, 1.165) is 38.2 Å². The van der Waals surface area contributed by atoms with Crippen molar-refractivity contribution < 1.29 is 4.79 Å². The van der Waals surface area contributed by atoms with Crippen molar-refractivity contribution in [3.05, 3.63) is 29.8 Å². The fourth-order valence-electron chi connectivity index (χ4n) is 3.49. The second-order valence-electron chi connectivity index (χ2n) is 7.86. The highest BCUT2D eigenvalue weighted by Crippen LogP contribution is 2.39. The lowest BCUT2D eigenvalue weighted by Crippen LogP contribution is -2.57. The molecule has 0 bridgehead atoms. The Morgan fingerprint density at radius 3 is 2.55 bits per heavy atom. The quantitative estimate of drug-likeness (QED) is 0.877. The molecule has 2 aliphatic rings. The van der Waals surface area contributed by atoms with Gasteiger partial charge in [0.1, 0.15) is 0 Å². The number of likely N-dealkylation sites (tertiary alicyclic amines) is 1. The van der Waals surface area contributed by atoms with Gasteiger partial charge in [-0.15, -0.1) is 0 Å². The Morgan fingerprint density at radius 1 is 1.18 bits per heavy atom. The summed E-state index contributed by atoms with van der Waals surface area (Å²) in [5.41, 5.74) is 2.40. The van der Waals surface area contributed by atoms with Crippen molar-refractivity contribution in [3.63, 3.8) is 0 Å². The molecule has 2 aliphatic heterocycles. The zero-order valence-corrected chi connectivity index (χ0v) is 13.9. The van der Waals surface area contributed by atoms with Gasteiger partial charge in [-0.2, -0.15) is 0 Å². The van der Waals surface area contributed by atoms with Crippen LogP contribution < -0.4 is 10.6 Å². The van der Waals surface area contributed by atoms with Gasteiger partial charge in [-0.3, -0.25) is 0 Å². The molecule has 2 amide bonds. The van der Waals surface area contributed by atoms with Crippen LogP contribution in [0.1, 0.15) is 45.6 Å². The summed E-state index contributed by atoms with van der Waals surface area (Å²) in [7, 11) is 0. The first-order valence-corrected chi connectivity index (χ1v) is 8.29. The van der Waals surface area contributed by atoms with E-state index in [1.165, 1.54) is 12.0 Å². The van der Waals surface area contributed by atoms with Gasteiger partial charge in [-0.25, -0.2) is 4.79 Å². The van der Waals surface area contributed by atoms with Crippen molar-refractivity contribution >= 4 is 11.7 Å². The van der Waals surface area contributed by atoms with Gasteiger partial charge in [0.15, 0.2) is 0 Å². The Hall–Kier alpha value is -1.55. The summed E-state index contributed by atoms with van der Waals surface area (Å²) >= 11 is 0. The van der Waals surface area contributed by atoms with Crippen LogP contribution in [0.3, 0.4) is 0 Å². The molecule has 0 aliphatic carbocycles. The largest absolute Gasteiger partial charge is 0.328 e. The number of piperidine rings is 1. The first kappa shape index (κ1) is 15.3. The number of benzene rings is 1. The van der Waals surface area contributed by atoms with Crippen molar-refractivity contribution in [2.24, 2.45) is 5.41 Å². The number of anilines is 1. The number of para-hydroxylation sites is 1. The molecule has 0 unspecified atom stereocenters. The Bertz CT molecular complexity index is 554. The van der Waals surface area contributed by atoms with Crippen LogP contribution in [0, 0.1) is 5.41 Å². The molecular weight excluding hydrogens is 274 g/mol. The van der Waals surface area contributed by atoms with Gasteiger partial charge in [0.05, 0.1) is 5.54 Å². The molecular formula is C18H27N3O. The van der Waals surface area contributed by atoms with E-state index in [9.17, 15) is 4.79 Å². The molecule has 0 atom stereocenters. The van der Waals surface area contributed by atoms with Gasteiger partial charge in [0.25, 0.3) is 0 Å². The van der Waals surface area contributed by atoms with E-state index in [1.807, 2.05) is 12.1 Å². The number of carbonyl (C=O) groups excluding carboxylic acids is 1. The number of carbonyl (C=O) groups is 1. The summed E-state index contributed by atoms with van der Waals surface area (Å²) in [6.45, 7) is 10.1. The molecule has 120 valence electrons. The Morgan fingerprint density at radius 2 is 1.86 bits per heavy atom. The number of nitrogens with zero attached hydrogens (tertiary/aromatic N) is 1. The van der Waals surface area contributed by atoms with E-state index in [-0.39, 0.29) is 11.6 Å². The maximum absolute atomic E-state index is 12.0. The molecule has 0 saturated carbocycles. The molecule has 0 aromatic heterocycles. The van der Waals surface area contributed by atoms with E-state index < -0.39 is 0 Å². The number of amides is 2. The summed E-state index contributed by atoms with van der Waals surface area (Å²) in [6.07, 6.45) is 3.19. The lowest BCUT2D eigenvalue weighted by molar-refractivity contribution is 0.126. The Kier molecular flexibility index (Phi) is 3.89. The lowest BCUT2D eigenvalue weighted by Gasteiger charge is -2.46. The van der Waals surface area contributed by atoms with Gasteiger partial charge in [-0.1, -0.05) is 39.0 Å². The minimum Gasteiger partial charge on any atom is -0.328 e. The number of rotatable bonds is 2. The topological polar surface area (TPSA) is 44.4 Å². The second-order valence-corrected chi connectivity index (χ2v) is 7.86. The average Bonchev–Trinajstić information content (AvgIpc) is 2.46.